The quantitative estimate of drug-likeness (QED) is 0.143. The molecule has 0 aromatic carbocycles. The molecule has 0 aromatic rings. The molecule has 0 saturated heterocycles. The standard InChI is InChI=1S/2C24H46O3P.2ClH.Rh/c2*1-16-10-7-11-17(2)22(16)25-28(26-23-18(3)12-8-13-19(23)4)27-24-20(5)14-9-15-21(24)6;;;/h2*16-24,28H,7-15H2,1-6H3;2*1H;/q2*+1;;;+2/p-2. The van der Waals surface area contributed by atoms with E-state index in [-0.39, 0.29) is 15.1 Å². The van der Waals surface area contributed by atoms with Crippen molar-refractivity contribution in [1.82, 2.24) is 0 Å². The minimum absolute atomic E-state index is 0.226. The molecule has 6 fully saturated rings. The van der Waals surface area contributed by atoms with Gasteiger partial charge in [0.05, 0.1) is 0 Å². The first-order valence-electron chi connectivity index (χ1n) is 24.7. The van der Waals surface area contributed by atoms with E-state index in [2.05, 4.69) is 83.1 Å². The summed E-state index contributed by atoms with van der Waals surface area (Å²) in [7, 11) is 6.19. The van der Waals surface area contributed by atoms with Crippen molar-refractivity contribution < 1.29 is 42.3 Å². The van der Waals surface area contributed by atoms with Crippen LogP contribution in [-0.4, -0.2) is 36.6 Å². The third-order valence-electron chi connectivity index (χ3n) is 16.0. The summed E-state index contributed by atoms with van der Waals surface area (Å²) >= 11 is -0.226. The second-order valence-electron chi connectivity index (χ2n) is 21.4. The van der Waals surface area contributed by atoms with Gasteiger partial charge in [0.1, 0.15) is 36.6 Å². The zero-order valence-corrected chi connectivity index (χ0v) is 44.8. The zero-order valence-electron chi connectivity index (χ0n) is 39.7. The summed E-state index contributed by atoms with van der Waals surface area (Å²) in [5, 5.41) is 0. The van der Waals surface area contributed by atoms with Crippen LogP contribution in [0.2, 0.25) is 0 Å². The van der Waals surface area contributed by atoms with Crippen LogP contribution < -0.4 is 0 Å². The Bertz CT molecular complexity index is 872. The van der Waals surface area contributed by atoms with Crippen LogP contribution in [0.15, 0.2) is 0 Å². The fourth-order valence-electron chi connectivity index (χ4n) is 12.1. The van der Waals surface area contributed by atoms with E-state index in [0.29, 0.717) is 108 Å². The molecule has 6 saturated carbocycles. The predicted molar refractivity (Wildman–Crippen MR) is 251 cm³/mol. The van der Waals surface area contributed by atoms with Crippen LogP contribution >= 0.6 is 36.6 Å². The molecule has 0 bridgehead atoms. The molecule has 0 aromatic heterocycles. The van der Waals surface area contributed by atoms with E-state index in [0.717, 1.165) is 0 Å². The van der Waals surface area contributed by atoms with Gasteiger partial charge in [-0.1, -0.05) is 122 Å². The summed E-state index contributed by atoms with van der Waals surface area (Å²) in [5.74, 6) is 7.32. The van der Waals surface area contributed by atoms with Crippen molar-refractivity contribution in [1.29, 1.82) is 0 Å². The first-order chi connectivity index (χ1) is 28.1. The van der Waals surface area contributed by atoms with Crippen molar-refractivity contribution in [3.05, 3.63) is 0 Å². The Balaban J connectivity index is 0.000000244. The van der Waals surface area contributed by atoms with Gasteiger partial charge >= 0.3 is 51.7 Å². The van der Waals surface area contributed by atoms with Gasteiger partial charge in [-0.05, 0) is 148 Å². The summed E-state index contributed by atoms with van der Waals surface area (Å²) in [5.41, 5.74) is 0. The van der Waals surface area contributed by atoms with Gasteiger partial charge in [-0.15, -0.1) is 0 Å². The van der Waals surface area contributed by atoms with E-state index in [1.807, 2.05) is 0 Å². The average Bonchev–Trinajstić information content (AvgIpc) is 3.17. The summed E-state index contributed by atoms with van der Waals surface area (Å²) in [6, 6.07) is 0. The maximum absolute atomic E-state index is 6.77. The monoisotopic (exact) mass is 999 g/mol. The molecule has 0 heterocycles. The van der Waals surface area contributed by atoms with Gasteiger partial charge in [0, 0.05) is 0 Å². The Labute approximate surface area is 382 Å². The third-order valence-corrected chi connectivity index (χ3v) is 18.8. The van der Waals surface area contributed by atoms with Crippen molar-refractivity contribution in [2.45, 2.75) is 235 Å². The van der Waals surface area contributed by atoms with Crippen LogP contribution in [0.4, 0.5) is 0 Å². The second kappa shape index (κ2) is 27.5. The molecule has 6 rings (SSSR count). The van der Waals surface area contributed by atoms with E-state index < -0.39 is 17.2 Å². The maximum atomic E-state index is 6.77. The molecule has 0 radical (unpaired) electrons. The minimum atomic E-state index is -1.74. The average molecular weight is 1000 g/mol. The Morgan fingerprint density at radius 2 is 0.373 bits per heavy atom. The number of hydrogen-bond acceptors (Lipinski definition) is 6. The topological polar surface area (TPSA) is 55.4 Å². The summed E-state index contributed by atoms with van der Waals surface area (Å²) in [6.45, 7) is 28.3. The van der Waals surface area contributed by atoms with Crippen LogP contribution in [0.1, 0.15) is 199 Å². The molecule has 59 heavy (non-hydrogen) atoms. The molecule has 6 nitrogen and oxygen atoms in total. The van der Waals surface area contributed by atoms with E-state index in [4.69, 9.17) is 46.5 Å². The Morgan fingerprint density at radius 1 is 0.271 bits per heavy atom. The molecule has 0 N–H and O–H groups in total. The van der Waals surface area contributed by atoms with Crippen LogP contribution in [0.25, 0.3) is 0 Å². The number of halogens is 2. The van der Waals surface area contributed by atoms with Gasteiger partial charge in [-0.25, -0.2) is 0 Å². The molecular formula is C48H92Cl2O6P2Rh+2. The summed E-state index contributed by atoms with van der Waals surface area (Å²) < 4.78 is 40.6. The molecular weight excluding hydrogens is 908 g/mol. The Hall–Kier alpha value is 1.82. The Kier molecular flexibility index (Phi) is 24.9. The van der Waals surface area contributed by atoms with Gasteiger partial charge in [-0.3, -0.25) is 0 Å². The van der Waals surface area contributed by atoms with Gasteiger partial charge in [0.2, 0.25) is 0 Å². The van der Waals surface area contributed by atoms with E-state index in [1.54, 1.807) is 0 Å². The number of hydrogen-bond donors (Lipinski definition) is 0. The van der Waals surface area contributed by atoms with Crippen molar-refractivity contribution in [3.8, 4) is 0 Å². The van der Waals surface area contributed by atoms with E-state index >= 15 is 0 Å². The van der Waals surface area contributed by atoms with Crippen molar-refractivity contribution >= 4 is 36.6 Å². The van der Waals surface area contributed by atoms with Crippen LogP contribution in [0.5, 0.6) is 0 Å². The van der Waals surface area contributed by atoms with Crippen molar-refractivity contribution in [2.75, 3.05) is 0 Å². The Morgan fingerprint density at radius 3 is 0.475 bits per heavy atom. The summed E-state index contributed by atoms with van der Waals surface area (Å²) in [4.78, 5) is 0. The van der Waals surface area contributed by atoms with Crippen LogP contribution in [0.3, 0.4) is 0 Å². The molecule has 6 aliphatic rings. The molecule has 6 aliphatic carbocycles. The summed E-state index contributed by atoms with van der Waals surface area (Å²) in [6.07, 6.45) is 25.1. The van der Waals surface area contributed by atoms with Gasteiger partial charge < -0.3 is 0 Å². The molecule has 0 spiro atoms. The van der Waals surface area contributed by atoms with E-state index in [1.165, 1.54) is 116 Å². The third kappa shape index (κ3) is 16.6. The predicted octanol–water partition coefficient (Wildman–Crippen LogP) is 16.3. The fourth-order valence-corrected chi connectivity index (χ4v) is 16.6. The molecule has 0 amide bonds. The first kappa shape index (κ1) is 53.4. The SMILES string of the molecule is CC1CCCC(C)C1O[PH+](OC1C(C)CCCC1C)OC1C(C)CCCC1C.CC1CCCC(C)C1O[PH+](OC1C(C)CCCC1C)OC1C(C)CCCC1C.[Cl][Rh][Cl]. The van der Waals surface area contributed by atoms with E-state index in [9.17, 15) is 0 Å². The van der Waals surface area contributed by atoms with Crippen LogP contribution in [0, 0.1) is 71.0 Å². The normalized spacial score (nSPS) is 44.3. The van der Waals surface area contributed by atoms with Crippen molar-refractivity contribution in [3.63, 3.8) is 0 Å². The first-order valence-corrected chi connectivity index (χ1v) is 31.4. The van der Waals surface area contributed by atoms with Gasteiger partial charge in [0.25, 0.3) is 0 Å². The number of rotatable bonds is 12. The molecule has 0 aliphatic heterocycles. The van der Waals surface area contributed by atoms with Crippen LogP contribution in [-0.2, 0) is 42.3 Å². The zero-order chi connectivity index (χ0) is 43.2. The molecule has 351 valence electrons. The molecule has 11 heteroatoms. The molecule has 12 unspecified atom stereocenters. The molecule has 12 atom stereocenters. The fraction of sp³-hybridized carbons (Fsp3) is 1.00. The second-order valence-corrected chi connectivity index (χ2v) is 26.3. The van der Waals surface area contributed by atoms with Gasteiger partial charge in [0.15, 0.2) is 0 Å². The van der Waals surface area contributed by atoms with Crippen molar-refractivity contribution in [2.24, 2.45) is 71.0 Å². The van der Waals surface area contributed by atoms with Gasteiger partial charge in [-0.2, -0.15) is 27.1 Å².